The number of phenols is 1. The van der Waals surface area contributed by atoms with Gasteiger partial charge >= 0.3 is 12.4 Å². The van der Waals surface area contributed by atoms with Crippen LogP contribution >= 0.6 is 0 Å². The third-order valence-electron chi connectivity index (χ3n) is 1.67. The zero-order valence-corrected chi connectivity index (χ0v) is 7.25. The fourth-order valence-electron chi connectivity index (χ4n) is 1.02. The summed E-state index contributed by atoms with van der Waals surface area (Å²) in [7, 11) is 0. The summed E-state index contributed by atoms with van der Waals surface area (Å²) in [5, 5.41) is 8.68. The van der Waals surface area contributed by atoms with Gasteiger partial charge in [-0.2, -0.15) is 26.3 Å². The highest BCUT2D eigenvalue weighted by Gasteiger charge is 2.42. The molecule has 0 aliphatic rings. The second kappa shape index (κ2) is 3.53. The van der Waals surface area contributed by atoms with Crippen LogP contribution in [0.1, 0.15) is 11.1 Å². The second-order valence-corrected chi connectivity index (χ2v) is 2.85. The molecule has 0 atom stereocenters. The highest BCUT2D eigenvalue weighted by atomic mass is 19.4. The van der Waals surface area contributed by atoms with Crippen LogP contribution in [0, 0.1) is 5.82 Å². The fraction of sp³-hybridized carbons (Fsp3) is 0.250. The maximum atomic E-state index is 12.9. The molecule has 1 aromatic rings. The molecule has 0 aromatic heterocycles. The third-order valence-corrected chi connectivity index (χ3v) is 1.67. The molecule has 0 unspecified atom stereocenters. The number of benzene rings is 1. The molecule has 0 radical (unpaired) electrons. The summed E-state index contributed by atoms with van der Waals surface area (Å²) in [6.45, 7) is 0. The van der Waals surface area contributed by atoms with Crippen LogP contribution in [0.25, 0.3) is 0 Å². The molecule has 0 aliphatic carbocycles. The van der Waals surface area contributed by atoms with Gasteiger partial charge in [-0.3, -0.25) is 0 Å². The minimum atomic E-state index is -5.30. The van der Waals surface area contributed by atoms with Crippen molar-refractivity contribution in [1.82, 2.24) is 0 Å². The molecule has 0 saturated carbocycles. The molecule has 0 heterocycles. The van der Waals surface area contributed by atoms with Crippen molar-refractivity contribution in [3.63, 3.8) is 0 Å². The van der Waals surface area contributed by atoms with Crippen LogP contribution in [0.4, 0.5) is 30.7 Å². The maximum absolute atomic E-state index is 12.9. The molecule has 0 bridgehead atoms. The Labute approximate surface area is 84.1 Å². The number of halogens is 7. The summed E-state index contributed by atoms with van der Waals surface area (Å²) >= 11 is 0. The van der Waals surface area contributed by atoms with Gasteiger partial charge in [0.1, 0.15) is 11.6 Å². The van der Waals surface area contributed by atoms with Crippen LogP contribution in [-0.2, 0) is 12.4 Å². The van der Waals surface area contributed by atoms with Crippen LogP contribution in [0.2, 0.25) is 0 Å². The van der Waals surface area contributed by atoms with Crippen LogP contribution in [0.3, 0.4) is 0 Å². The van der Waals surface area contributed by atoms with Crippen molar-refractivity contribution < 1.29 is 35.8 Å². The van der Waals surface area contributed by atoms with Crippen molar-refractivity contribution in [3.05, 3.63) is 29.1 Å². The number of aromatic hydroxyl groups is 1. The lowest BCUT2D eigenvalue weighted by atomic mass is 10.1. The van der Waals surface area contributed by atoms with Gasteiger partial charge in [-0.05, 0) is 12.1 Å². The molecular formula is C8H3F7O. The Morgan fingerprint density at radius 2 is 1.12 bits per heavy atom. The van der Waals surface area contributed by atoms with Crippen LogP contribution in [-0.4, -0.2) is 5.11 Å². The zero-order chi connectivity index (χ0) is 12.7. The van der Waals surface area contributed by atoms with Gasteiger partial charge in [0, 0.05) is 0 Å². The Balaban J connectivity index is 3.51. The molecule has 0 aliphatic heterocycles. The summed E-state index contributed by atoms with van der Waals surface area (Å²) in [5.41, 5.74) is -4.31. The number of rotatable bonds is 0. The first-order valence-electron chi connectivity index (χ1n) is 3.70. The molecule has 16 heavy (non-hydrogen) atoms. The molecule has 1 N–H and O–H groups in total. The molecule has 1 nitrogen and oxygen atoms in total. The largest absolute Gasteiger partial charge is 0.508 e. The SMILES string of the molecule is Oc1cc(C(F)(F)F)c(F)c(C(F)(F)F)c1. The topological polar surface area (TPSA) is 20.2 Å². The van der Waals surface area contributed by atoms with E-state index in [9.17, 15) is 30.7 Å². The van der Waals surface area contributed by atoms with E-state index in [1.54, 1.807) is 0 Å². The summed E-state index contributed by atoms with van der Waals surface area (Å²) in [6.07, 6.45) is -10.6. The van der Waals surface area contributed by atoms with Crippen molar-refractivity contribution in [2.24, 2.45) is 0 Å². The Bertz CT molecular complexity index is 369. The van der Waals surface area contributed by atoms with E-state index in [2.05, 4.69) is 0 Å². The summed E-state index contributed by atoms with van der Waals surface area (Å²) in [5.74, 6) is -3.75. The first-order chi connectivity index (χ1) is 7.03. The number of hydrogen-bond acceptors (Lipinski definition) is 1. The number of alkyl halides is 6. The highest BCUT2D eigenvalue weighted by molar-refractivity contribution is 5.38. The number of hydrogen-bond donors (Lipinski definition) is 1. The highest BCUT2D eigenvalue weighted by Crippen LogP contribution is 2.40. The monoisotopic (exact) mass is 248 g/mol. The average Bonchev–Trinajstić information content (AvgIpc) is 2.04. The third kappa shape index (κ3) is 2.37. The smallest absolute Gasteiger partial charge is 0.419 e. The van der Waals surface area contributed by atoms with Gasteiger partial charge in [0.15, 0.2) is 0 Å². The van der Waals surface area contributed by atoms with E-state index in [0.717, 1.165) is 0 Å². The summed E-state index contributed by atoms with van der Waals surface area (Å²) < 4.78 is 85.4. The fourth-order valence-corrected chi connectivity index (χ4v) is 1.02. The lowest BCUT2D eigenvalue weighted by Gasteiger charge is -2.13. The quantitative estimate of drug-likeness (QED) is 0.696. The lowest BCUT2D eigenvalue weighted by molar-refractivity contribution is -0.147. The van der Waals surface area contributed by atoms with E-state index in [0.29, 0.717) is 0 Å². The molecule has 1 rings (SSSR count). The molecule has 1 aromatic carbocycles. The Morgan fingerprint density at radius 1 is 0.812 bits per heavy atom. The van der Waals surface area contributed by atoms with E-state index in [1.807, 2.05) is 0 Å². The van der Waals surface area contributed by atoms with Crippen LogP contribution in [0.15, 0.2) is 12.1 Å². The van der Waals surface area contributed by atoms with Gasteiger partial charge in [0.25, 0.3) is 0 Å². The summed E-state index contributed by atoms with van der Waals surface area (Å²) in [6, 6.07) is -0.213. The van der Waals surface area contributed by atoms with E-state index in [1.165, 1.54) is 0 Å². The molecule has 0 fully saturated rings. The normalized spacial score (nSPS) is 12.9. The first kappa shape index (κ1) is 12.6. The van der Waals surface area contributed by atoms with Crippen molar-refractivity contribution >= 4 is 0 Å². The first-order valence-corrected chi connectivity index (χ1v) is 3.70. The Morgan fingerprint density at radius 3 is 1.38 bits per heavy atom. The van der Waals surface area contributed by atoms with E-state index in [-0.39, 0.29) is 12.1 Å². The van der Waals surface area contributed by atoms with Crippen molar-refractivity contribution in [2.45, 2.75) is 12.4 Å². The molecule has 90 valence electrons. The molecule has 0 spiro atoms. The Kier molecular flexibility index (Phi) is 2.78. The standard InChI is InChI=1S/C8H3F7O/c9-6-4(7(10,11)12)1-3(16)2-5(6)8(13,14)15/h1-2,16H. The van der Waals surface area contributed by atoms with Gasteiger partial charge in [-0.1, -0.05) is 0 Å². The number of phenolic OH excluding ortho intramolecular Hbond substituents is 1. The van der Waals surface area contributed by atoms with Crippen molar-refractivity contribution in [2.75, 3.05) is 0 Å². The minimum absolute atomic E-state index is 0.107. The van der Waals surface area contributed by atoms with Gasteiger partial charge < -0.3 is 5.11 Å². The van der Waals surface area contributed by atoms with E-state index in [4.69, 9.17) is 5.11 Å². The van der Waals surface area contributed by atoms with E-state index >= 15 is 0 Å². The van der Waals surface area contributed by atoms with Crippen LogP contribution in [0.5, 0.6) is 5.75 Å². The zero-order valence-electron chi connectivity index (χ0n) is 7.25. The van der Waals surface area contributed by atoms with Crippen molar-refractivity contribution in [3.8, 4) is 5.75 Å². The molecule has 8 heteroatoms. The van der Waals surface area contributed by atoms with Gasteiger partial charge in [-0.25, -0.2) is 4.39 Å². The Hall–Kier alpha value is -1.47. The van der Waals surface area contributed by atoms with Crippen LogP contribution < -0.4 is 0 Å². The van der Waals surface area contributed by atoms with Gasteiger partial charge in [0.2, 0.25) is 0 Å². The summed E-state index contributed by atoms with van der Waals surface area (Å²) in [4.78, 5) is 0. The predicted octanol–water partition coefficient (Wildman–Crippen LogP) is 3.57. The molecular weight excluding hydrogens is 245 g/mol. The lowest BCUT2D eigenvalue weighted by Crippen LogP contribution is -2.15. The van der Waals surface area contributed by atoms with Gasteiger partial charge in [-0.15, -0.1) is 0 Å². The second-order valence-electron chi connectivity index (χ2n) is 2.85. The average molecular weight is 248 g/mol. The molecule has 0 saturated heterocycles. The molecule has 0 amide bonds. The van der Waals surface area contributed by atoms with Gasteiger partial charge in [0.05, 0.1) is 11.1 Å². The van der Waals surface area contributed by atoms with Crippen molar-refractivity contribution in [1.29, 1.82) is 0 Å². The predicted molar refractivity (Wildman–Crippen MR) is 38.1 cm³/mol. The van der Waals surface area contributed by atoms with E-state index < -0.39 is 35.0 Å². The minimum Gasteiger partial charge on any atom is -0.508 e. The maximum Gasteiger partial charge on any atom is 0.419 e.